The molecule has 0 amide bonds. The molecule has 3 heteroatoms. The maximum atomic E-state index is 13.2. The highest BCUT2D eigenvalue weighted by Crippen LogP contribution is 2.76. The number of ether oxygens (including phenoxy) is 1. The van der Waals surface area contributed by atoms with E-state index >= 15 is 0 Å². The Morgan fingerprint density at radius 1 is 1.09 bits per heavy atom. The van der Waals surface area contributed by atoms with Crippen molar-refractivity contribution in [2.75, 3.05) is 0 Å². The van der Waals surface area contributed by atoms with Crippen molar-refractivity contribution < 1.29 is 14.3 Å². The molecule has 0 aromatic carbocycles. The second-order valence-corrected chi connectivity index (χ2v) is 9.35. The maximum absolute atomic E-state index is 13.2. The highest BCUT2D eigenvalue weighted by Gasteiger charge is 2.79. The summed E-state index contributed by atoms with van der Waals surface area (Å²) in [4.78, 5) is 26.0. The lowest BCUT2D eigenvalue weighted by Gasteiger charge is -2.63. The largest absolute Gasteiger partial charge is 0.458 e. The average molecular weight is 314 g/mol. The zero-order valence-corrected chi connectivity index (χ0v) is 14.2. The van der Waals surface area contributed by atoms with Gasteiger partial charge in [0.2, 0.25) is 0 Å². The summed E-state index contributed by atoms with van der Waals surface area (Å²) in [5.74, 6) is 0.968. The van der Waals surface area contributed by atoms with Gasteiger partial charge >= 0.3 is 5.97 Å². The third-order valence-electron chi connectivity index (χ3n) is 8.97. The zero-order chi connectivity index (χ0) is 16.3. The molecule has 1 spiro atoms. The predicted octanol–water partition coefficient (Wildman–Crippen LogP) is 3.81. The van der Waals surface area contributed by atoms with Gasteiger partial charge in [0.1, 0.15) is 5.60 Å². The summed E-state index contributed by atoms with van der Waals surface area (Å²) in [5.41, 5.74) is -0.388. The molecule has 0 aromatic heterocycles. The van der Waals surface area contributed by atoms with Gasteiger partial charge in [-0.25, -0.2) is 0 Å². The zero-order valence-electron chi connectivity index (χ0n) is 14.2. The van der Waals surface area contributed by atoms with E-state index in [1.807, 2.05) is 0 Å². The summed E-state index contributed by atoms with van der Waals surface area (Å²) >= 11 is 0. The number of Topliss-reactive ketones (excluding diaryl/α,β-unsaturated/α-hetero) is 1. The number of hydrogen-bond donors (Lipinski definition) is 0. The Bertz CT molecular complexity index is 666. The number of carbonyl (C=O) groups excluding carboxylic acids is 2. The number of ketones is 1. The van der Waals surface area contributed by atoms with Gasteiger partial charge in [0.25, 0.3) is 0 Å². The third-order valence-corrected chi connectivity index (χ3v) is 8.97. The molecule has 1 heterocycles. The first-order valence-corrected chi connectivity index (χ1v) is 9.28. The number of allylic oxidation sites excluding steroid dienone is 1. The minimum absolute atomic E-state index is 0.00432. The Labute approximate surface area is 137 Å². The van der Waals surface area contributed by atoms with Gasteiger partial charge < -0.3 is 4.74 Å². The molecule has 0 N–H and O–H groups in total. The molecule has 4 bridgehead atoms. The monoisotopic (exact) mass is 314 g/mol. The van der Waals surface area contributed by atoms with Crippen molar-refractivity contribution in [1.29, 1.82) is 0 Å². The van der Waals surface area contributed by atoms with E-state index in [2.05, 4.69) is 20.4 Å². The minimum Gasteiger partial charge on any atom is -0.458 e. The first-order valence-electron chi connectivity index (χ1n) is 9.28. The minimum atomic E-state index is -0.402. The highest BCUT2D eigenvalue weighted by atomic mass is 16.6. The van der Waals surface area contributed by atoms with E-state index < -0.39 is 5.60 Å². The van der Waals surface area contributed by atoms with E-state index in [-0.39, 0.29) is 22.2 Å². The van der Waals surface area contributed by atoms with Crippen LogP contribution in [0, 0.1) is 28.1 Å². The molecule has 0 radical (unpaired) electrons. The van der Waals surface area contributed by atoms with Gasteiger partial charge in [-0.2, -0.15) is 0 Å². The van der Waals surface area contributed by atoms with E-state index in [0.29, 0.717) is 17.6 Å². The Balaban J connectivity index is 1.73. The van der Waals surface area contributed by atoms with Gasteiger partial charge in [0, 0.05) is 16.7 Å². The molecule has 1 saturated heterocycles. The Hall–Kier alpha value is -1.12. The lowest BCUT2D eigenvalue weighted by molar-refractivity contribution is -0.221. The van der Waals surface area contributed by atoms with Crippen molar-refractivity contribution in [2.24, 2.45) is 28.1 Å². The van der Waals surface area contributed by atoms with Crippen LogP contribution < -0.4 is 0 Å². The lowest BCUT2D eigenvalue weighted by atomic mass is 9.39. The summed E-state index contributed by atoms with van der Waals surface area (Å²) in [7, 11) is 0. The SMILES string of the molecule is C=C1C(=O)[C@@]23CC[C@@H]4[C@@]5(C)CCC[C@@]4(OC5=O)[C@@]2(C)CC[C@H]1C3. The number of hydrogen-bond acceptors (Lipinski definition) is 3. The average Bonchev–Trinajstić information content (AvgIpc) is 2.79. The van der Waals surface area contributed by atoms with E-state index in [0.717, 1.165) is 56.9 Å². The van der Waals surface area contributed by atoms with Crippen LogP contribution in [-0.4, -0.2) is 17.4 Å². The summed E-state index contributed by atoms with van der Waals surface area (Å²) in [6.45, 7) is 8.52. The molecule has 124 valence electrons. The van der Waals surface area contributed by atoms with Crippen LogP contribution in [0.4, 0.5) is 0 Å². The van der Waals surface area contributed by atoms with Crippen LogP contribution >= 0.6 is 0 Å². The van der Waals surface area contributed by atoms with Crippen molar-refractivity contribution in [1.82, 2.24) is 0 Å². The Morgan fingerprint density at radius 3 is 2.65 bits per heavy atom. The molecule has 5 rings (SSSR count). The molecule has 23 heavy (non-hydrogen) atoms. The van der Waals surface area contributed by atoms with Crippen LogP contribution in [0.5, 0.6) is 0 Å². The van der Waals surface area contributed by atoms with E-state index in [4.69, 9.17) is 4.74 Å². The molecule has 5 aliphatic rings. The van der Waals surface area contributed by atoms with Gasteiger partial charge in [-0.3, -0.25) is 9.59 Å². The van der Waals surface area contributed by atoms with Gasteiger partial charge in [0.05, 0.1) is 5.41 Å². The van der Waals surface area contributed by atoms with Crippen molar-refractivity contribution in [3.05, 3.63) is 12.2 Å². The highest BCUT2D eigenvalue weighted by molar-refractivity contribution is 6.03. The number of carbonyl (C=O) groups is 2. The summed E-state index contributed by atoms with van der Waals surface area (Å²) < 4.78 is 6.26. The topological polar surface area (TPSA) is 43.4 Å². The Kier molecular flexibility index (Phi) is 2.33. The molecular weight excluding hydrogens is 288 g/mol. The van der Waals surface area contributed by atoms with Crippen LogP contribution in [0.1, 0.15) is 65.2 Å². The smallest absolute Gasteiger partial charge is 0.312 e. The number of rotatable bonds is 0. The quantitative estimate of drug-likeness (QED) is 0.504. The van der Waals surface area contributed by atoms with E-state index in [9.17, 15) is 9.59 Å². The van der Waals surface area contributed by atoms with E-state index in [1.54, 1.807) is 0 Å². The van der Waals surface area contributed by atoms with Crippen LogP contribution in [0.2, 0.25) is 0 Å². The number of esters is 1. The first-order chi connectivity index (χ1) is 10.8. The van der Waals surface area contributed by atoms with Crippen molar-refractivity contribution in [2.45, 2.75) is 70.8 Å². The van der Waals surface area contributed by atoms with Crippen LogP contribution in [0.15, 0.2) is 12.2 Å². The van der Waals surface area contributed by atoms with Gasteiger partial charge in [-0.05, 0) is 69.8 Å². The van der Waals surface area contributed by atoms with Crippen molar-refractivity contribution in [3.8, 4) is 0 Å². The molecular formula is C20H26O3. The van der Waals surface area contributed by atoms with Gasteiger partial charge in [-0.15, -0.1) is 0 Å². The van der Waals surface area contributed by atoms with Gasteiger partial charge in [0.15, 0.2) is 5.78 Å². The molecule has 0 aromatic rings. The fourth-order valence-corrected chi connectivity index (χ4v) is 7.64. The second-order valence-electron chi connectivity index (χ2n) is 9.35. The Morgan fingerprint density at radius 2 is 1.87 bits per heavy atom. The van der Waals surface area contributed by atoms with Crippen LogP contribution in [-0.2, 0) is 14.3 Å². The number of fused-ring (bicyclic) bond motifs is 1. The van der Waals surface area contributed by atoms with Crippen molar-refractivity contribution >= 4 is 11.8 Å². The summed E-state index contributed by atoms with van der Waals surface area (Å²) in [6, 6.07) is 0. The van der Waals surface area contributed by atoms with Crippen LogP contribution in [0.25, 0.3) is 0 Å². The molecule has 0 unspecified atom stereocenters. The second kappa shape index (κ2) is 3.75. The third kappa shape index (κ3) is 1.20. The molecule has 1 aliphatic heterocycles. The standard InChI is InChI=1S/C20H26O3/c1-12-13-5-9-18(3)19(11-13,15(12)21)10-6-14-17(2)7-4-8-20(14,18)23-16(17)22/h13-14H,1,4-11H2,2-3H3/t13-,14+,17+,18-,19-,20-/m0/s1. The molecule has 5 fully saturated rings. The molecule has 6 atom stereocenters. The molecule has 4 saturated carbocycles. The molecule has 4 aliphatic carbocycles. The molecule has 3 nitrogen and oxygen atoms in total. The van der Waals surface area contributed by atoms with Crippen LogP contribution in [0.3, 0.4) is 0 Å². The fraction of sp³-hybridized carbons (Fsp3) is 0.800. The fourth-order valence-electron chi connectivity index (χ4n) is 7.64. The van der Waals surface area contributed by atoms with Gasteiger partial charge in [-0.1, -0.05) is 13.5 Å². The van der Waals surface area contributed by atoms with E-state index in [1.165, 1.54) is 0 Å². The maximum Gasteiger partial charge on any atom is 0.312 e. The summed E-state index contributed by atoms with van der Waals surface area (Å²) in [5, 5.41) is 0. The van der Waals surface area contributed by atoms with Crippen molar-refractivity contribution in [3.63, 3.8) is 0 Å². The first kappa shape index (κ1) is 14.2. The predicted molar refractivity (Wildman–Crippen MR) is 85.5 cm³/mol. The summed E-state index contributed by atoms with van der Waals surface area (Å²) in [6.07, 6.45) is 7.81. The lowest BCUT2D eigenvalue weighted by Crippen LogP contribution is -2.66. The normalized spacial score (nSPS) is 57.0.